The second-order valence-electron chi connectivity index (χ2n) is 7.51. The molecule has 1 aliphatic heterocycles. The molecule has 6 unspecified atom stereocenters. The van der Waals surface area contributed by atoms with Crippen LogP contribution in [0, 0.1) is 23.7 Å². The minimum atomic E-state index is -0.0903. The smallest absolute Gasteiger partial charge is 0.0585 e. The van der Waals surface area contributed by atoms with Gasteiger partial charge in [-0.2, -0.15) is 0 Å². The van der Waals surface area contributed by atoms with Crippen molar-refractivity contribution >= 4 is 0 Å². The first-order valence-corrected chi connectivity index (χ1v) is 7.95. The number of likely N-dealkylation sites (tertiary alicyclic amines) is 1. The number of hydrogen-bond acceptors (Lipinski definition) is 3. The van der Waals surface area contributed by atoms with E-state index in [-0.39, 0.29) is 6.10 Å². The quantitative estimate of drug-likeness (QED) is 0.847. The predicted octanol–water partition coefficient (Wildman–Crippen LogP) is 1.91. The molecular formula is C16H32N2O. The summed E-state index contributed by atoms with van der Waals surface area (Å²) in [6.07, 6.45) is 2.19. The monoisotopic (exact) mass is 268 g/mol. The van der Waals surface area contributed by atoms with Crippen LogP contribution in [0.4, 0.5) is 0 Å². The Kier molecular flexibility index (Phi) is 4.91. The van der Waals surface area contributed by atoms with Crippen LogP contribution < -0.4 is 0 Å². The van der Waals surface area contributed by atoms with Crippen molar-refractivity contribution in [3.63, 3.8) is 0 Å². The van der Waals surface area contributed by atoms with E-state index in [1.54, 1.807) is 0 Å². The fourth-order valence-electron chi connectivity index (χ4n) is 4.34. The highest BCUT2D eigenvalue weighted by Crippen LogP contribution is 2.35. The first-order chi connectivity index (χ1) is 8.88. The molecule has 1 heterocycles. The lowest BCUT2D eigenvalue weighted by Gasteiger charge is -2.39. The molecule has 0 bridgehead atoms. The molecule has 1 saturated carbocycles. The SMILES string of the molecule is CC1CC(C)C(CN2CC(C)C(N(C)C)C2)C(O)C1. The van der Waals surface area contributed by atoms with E-state index in [4.69, 9.17) is 0 Å². The van der Waals surface area contributed by atoms with Crippen molar-refractivity contribution in [2.75, 3.05) is 33.7 Å². The van der Waals surface area contributed by atoms with Crippen molar-refractivity contribution in [1.82, 2.24) is 9.80 Å². The Hall–Kier alpha value is -0.120. The molecule has 3 nitrogen and oxygen atoms in total. The Morgan fingerprint density at radius 1 is 1.05 bits per heavy atom. The normalized spacial score (nSPS) is 45.0. The molecular weight excluding hydrogens is 236 g/mol. The van der Waals surface area contributed by atoms with Crippen LogP contribution in [0.25, 0.3) is 0 Å². The number of likely N-dealkylation sites (N-methyl/N-ethyl adjacent to an activating group) is 1. The fraction of sp³-hybridized carbons (Fsp3) is 1.00. The van der Waals surface area contributed by atoms with Gasteiger partial charge in [0.1, 0.15) is 0 Å². The van der Waals surface area contributed by atoms with Gasteiger partial charge in [0, 0.05) is 31.6 Å². The molecule has 1 saturated heterocycles. The molecule has 0 radical (unpaired) electrons. The maximum atomic E-state index is 10.4. The average molecular weight is 268 g/mol. The summed E-state index contributed by atoms with van der Waals surface area (Å²) in [5.41, 5.74) is 0. The molecule has 0 amide bonds. The van der Waals surface area contributed by atoms with Crippen LogP contribution in [-0.2, 0) is 0 Å². The van der Waals surface area contributed by atoms with E-state index < -0.39 is 0 Å². The molecule has 2 aliphatic rings. The third kappa shape index (κ3) is 3.50. The minimum Gasteiger partial charge on any atom is -0.393 e. The zero-order valence-corrected chi connectivity index (χ0v) is 13.3. The van der Waals surface area contributed by atoms with E-state index in [0.29, 0.717) is 23.8 Å². The second-order valence-corrected chi connectivity index (χ2v) is 7.51. The van der Waals surface area contributed by atoms with E-state index in [1.807, 2.05) is 0 Å². The topological polar surface area (TPSA) is 26.7 Å². The van der Waals surface area contributed by atoms with Gasteiger partial charge in [0.15, 0.2) is 0 Å². The molecule has 1 aliphatic carbocycles. The van der Waals surface area contributed by atoms with Crippen molar-refractivity contribution < 1.29 is 5.11 Å². The van der Waals surface area contributed by atoms with Crippen LogP contribution in [0.2, 0.25) is 0 Å². The molecule has 0 aromatic carbocycles. The van der Waals surface area contributed by atoms with E-state index >= 15 is 0 Å². The van der Waals surface area contributed by atoms with E-state index in [2.05, 4.69) is 44.7 Å². The lowest BCUT2D eigenvalue weighted by Crippen LogP contribution is -2.42. The van der Waals surface area contributed by atoms with Crippen LogP contribution in [0.15, 0.2) is 0 Å². The van der Waals surface area contributed by atoms with Crippen LogP contribution in [0.1, 0.15) is 33.6 Å². The summed E-state index contributed by atoms with van der Waals surface area (Å²) in [5, 5.41) is 10.4. The zero-order valence-electron chi connectivity index (χ0n) is 13.3. The van der Waals surface area contributed by atoms with Gasteiger partial charge in [0.2, 0.25) is 0 Å². The summed E-state index contributed by atoms with van der Waals surface area (Å²) >= 11 is 0. The summed E-state index contributed by atoms with van der Waals surface area (Å²) in [6.45, 7) is 10.4. The lowest BCUT2D eigenvalue weighted by molar-refractivity contribution is 0.000412. The maximum Gasteiger partial charge on any atom is 0.0585 e. The van der Waals surface area contributed by atoms with Gasteiger partial charge in [0.05, 0.1) is 6.10 Å². The van der Waals surface area contributed by atoms with E-state index in [9.17, 15) is 5.11 Å². The van der Waals surface area contributed by atoms with Gasteiger partial charge in [-0.15, -0.1) is 0 Å². The van der Waals surface area contributed by atoms with Gasteiger partial charge in [-0.05, 0) is 44.7 Å². The van der Waals surface area contributed by atoms with Gasteiger partial charge in [-0.3, -0.25) is 0 Å². The number of nitrogens with zero attached hydrogens (tertiary/aromatic N) is 2. The van der Waals surface area contributed by atoms with Crippen molar-refractivity contribution in [2.45, 2.75) is 45.8 Å². The van der Waals surface area contributed by atoms with Gasteiger partial charge in [0.25, 0.3) is 0 Å². The summed E-state index contributed by atoms with van der Waals surface area (Å²) in [5.74, 6) is 2.56. The van der Waals surface area contributed by atoms with Crippen molar-refractivity contribution in [3.8, 4) is 0 Å². The third-order valence-electron chi connectivity index (χ3n) is 5.42. The fourth-order valence-corrected chi connectivity index (χ4v) is 4.34. The molecule has 2 fully saturated rings. The molecule has 0 aromatic heterocycles. The highest BCUT2D eigenvalue weighted by atomic mass is 16.3. The maximum absolute atomic E-state index is 10.4. The average Bonchev–Trinajstić information content (AvgIpc) is 2.65. The largest absolute Gasteiger partial charge is 0.393 e. The Labute approximate surface area is 119 Å². The molecule has 6 atom stereocenters. The second kappa shape index (κ2) is 6.11. The van der Waals surface area contributed by atoms with Crippen LogP contribution >= 0.6 is 0 Å². The highest BCUT2D eigenvalue weighted by molar-refractivity contribution is 4.91. The number of aliphatic hydroxyl groups excluding tert-OH is 1. The zero-order chi connectivity index (χ0) is 14.2. The highest BCUT2D eigenvalue weighted by Gasteiger charge is 2.37. The van der Waals surface area contributed by atoms with E-state index in [1.165, 1.54) is 19.5 Å². The van der Waals surface area contributed by atoms with Gasteiger partial charge < -0.3 is 14.9 Å². The summed E-state index contributed by atoms with van der Waals surface area (Å²) < 4.78 is 0. The predicted molar refractivity (Wildman–Crippen MR) is 80.1 cm³/mol. The van der Waals surface area contributed by atoms with Crippen LogP contribution in [0.3, 0.4) is 0 Å². The van der Waals surface area contributed by atoms with Crippen LogP contribution in [-0.4, -0.2) is 60.8 Å². The molecule has 1 N–H and O–H groups in total. The molecule has 19 heavy (non-hydrogen) atoms. The Balaban J connectivity index is 1.91. The van der Waals surface area contributed by atoms with Crippen molar-refractivity contribution in [2.24, 2.45) is 23.7 Å². The van der Waals surface area contributed by atoms with Crippen molar-refractivity contribution in [3.05, 3.63) is 0 Å². The Morgan fingerprint density at radius 3 is 2.26 bits per heavy atom. The lowest BCUT2D eigenvalue weighted by atomic mass is 9.73. The van der Waals surface area contributed by atoms with Crippen molar-refractivity contribution in [1.29, 1.82) is 0 Å². The standard InChI is InChI=1S/C16H32N2O/c1-11-6-12(2)14(16(19)7-11)9-18-8-13(3)15(10-18)17(4)5/h11-16,19H,6-10H2,1-5H3. The molecule has 0 aromatic rings. The summed E-state index contributed by atoms with van der Waals surface area (Å²) in [4.78, 5) is 4.93. The molecule has 112 valence electrons. The Morgan fingerprint density at radius 2 is 1.74 bits per heavy atom. The van der Waals surface area contributed by atoms with E-state index in [0.717, 1.165) is 18.9 Å². The van der Waals surface area contributed by atoms with Gasteiger partial charge in [-0.25, -0.2) is 0 Å². The summed E-state index contributed by atoms with van der Waals surface area (Å²) in [7, 11) is 4.37. The number of rotatable bonds is 3. The third-order valence-corrected chi connectivity index (χ3v) is 5.42. The van der Waals surface area contributed by atoms with Gasteiger partial charge in [-0.1, -0.05) is 20.8 Å². The first kappa shape index (κ1) is 15.3. The number of aliphatic hydroxyl groups is 1. The minimum absolute atomic E-state index is 0.0903. The summed E-state index contributed by atoms with van der Waals surface area (Å²) in [6, 6.07) is 0.676. The van der Waals surface area contributed by atoms with Gasteiger partial charge >= 0.3 is 0 Å². The molecule has 2 rings (SSSR count). The first-order valence-electron chi connectivity index (χ1n) is 7.95. The Bertz CT molecular complexity index is 282. The molecule has 3 heteroatoms. The van der Waals surface area contributed by atoms with Crippen LogP contribution in [0.5, 0.6) is 0 Å². The molecule has 0 spiro atoms. The number of hydrogen-bond donors (Lipinski definition) is 1.